The molecule has 1 spiro atoms. The van der Waals surface area contributed by atoms with Crippen molar-refractivity contribution in [3.8, 4) is 0 Å². The Labute approximate surface area is 206 Å². The van der Waals surface area contributed by atoms with Gasteiger partial charge in [0.1, 0.15) is 30.5 Å². The minimum absolute atomic E-state index is 0.123. The number of carbonyl (C=O) groups is 2. The predicted molar refractivity (Wildman–Crippen MR) is 121 cm³/mol. The zero-order chi connectivity index (χ0) is 24.6. The smallest absolute Gasteiger partial charge is 0.339 e. The van der Waals surface area contributed by atoms with Crippen LogP contribution in [0.4, 0.5) is 0 Å². The van der Waals surface area contributed by atoms with Crippen molar-refractivity contribution in [1.82, 2.24) is 0 Å². The number of fused-ring (bicyclic) bond motifs is 2. The summed E-state index contributed by atoms with van der Waals surface area (Å²) in [7, 11) is 0. The Hall–Kier alpha value is -1.68. The number of aliphatic hydroxyl groups excluding tert-OH is 2. The average Bonchev–Trinajstić information content (AvgIpc) is 3.53. The number of hydrogen-bond acceptors (Lipinski definition) is 8. The van der Waals surface area contributed by atoms with E-state index in [9.17, 15) is 19.8 Å². The molecule has 4 aliphatic rings. The third-order valence-corrected chi connectivity index (χ3v) is 8.79. The first-order valence-electron chi connectivity index (χ1n) is 11.1. The molecule has 184 valence electrons. The van der Waals surface area contributed by atoms with E-state index in [1.165, 1.54) is 25.1 Å². The summed E-state index contributed by atoms with van der Waals surface area (Å²) >= 11 is 12.1. The van der Waals surface area contributed by atoms with Gasteiger partial charge in [0, 0.05) is 17.4 Å². The van der Waals surface area contributed by atoms with Gasteiger partial charge in [-0.3, -0.25) is 4.79 Å². The third kappa shape index (κ3) is 3.13. The molecule has 8 atom stereocenters. The van der Waals surface area contributed by atoms with Gasteiger partial charge in [-0.05, 0) is 37.1 Å². The zero-order valence-corrected chi connectivity index (χ0v) is 20.4. The van der Waals surface area contributed by atoms with Gasteiger partial charge >= 0.3 is 11.9 Å². The highest BCUT2D eigenvalue weighted by atomic mass is 35.5. The van der Waals surface area contributed by atoms with Crippen LogP contribution in [0.2, 0.25) is 10.0 Å². The average molecular weight is 513 g/mol. The van der Waals surface area contributed by atoms with Gasteiger partial charge in [0.2, 0.25) is 0 Å². The number of esters is 2. The summed E-state index contributed by atoms with van der Waals surface area (Å²) in [5.41, 5.74) is -2.30. The van der Waals surface area contributed by atoms with Crippen LogP contribution < -0.4 is 0 Å². The number of halogens is 2. The van der Waals surface area contributed by atoms with E-state index in [0.717, 1.165) is 0 Å². The summed E-state index contributed by atoms with van der Waals surface area (Å²) in [5, 5.41) is 22.9. The minimum Gasteiger partial charge on any atom is -0.461 e. The number of ether oxygens (including phenoxy) is 4. The minimum atomic E-state index is -1.33. The lowest BCUT2D eigenvalue weighted by atomic mass is 9.50. The van der Waals surface area contributed by atoms with E-state index in [2.05, 4.69) is 0 Å². The summed E-state index contributed by atoms with van der Waals surface area (Å²) in [6.45, 7) is 5.00. The first-order valence-corrected chi connectivity index (χ1v) is 11.9. The molecule has 0 radical (unpaired) electrons. The molecule has 2 aliphatic heterocycles. The quantitative estimate of drug-likeness (QED) is 0.359. The number of carbonyl (C=O) groups excluding carboxylic acids is 2. The second-order valence-corrected chi connectivity index (χ2v) is 10.7. The normalized spacial score (nSPS) is 42.1. The fourth-order valence-corrected chi connectivity index (χ4v) is 6.83. The van der Waals surface area contributed by atoms with Crippen LogP contribution in [-0.4, -0.2) is 71.5 Å². The van der Waals surface area contributed by atoms with Gasteiger partial charge < -0.3 is 29.2 Å². The molecule has 3 fully saturated rings. The molecular formula is C24H26Cl2O8. The number of aliphatic hydroxyl groups is 2. The van der Waals surface area contributed by atoms with Crippen molar-refractivity contribution in [2.75, 3.05) is 13.2 Å². The largest absolute Gasteiger partial charge is 0.461 e. The Kier molecular flexibility index (Phi) is 5.59. The molecule has 0 amide bonds. The maximum absolute atomic E-state index is 13.0. The van der Waals surface area contributed by atoms with Crippen molar-refractivity contribution in [1.29, 1.82) is 0 Å². The zero-order valence-electron chi connectivity index (χ0n) is 18.9. The molecule has 1 aromatic rings. The van der Waals surface area contributed by atoms with Gasteiger partial charge in [-0.15, -0.1) is 0 Å². The number of hydrogen-bond donors (Lipinski definition) is 2. The topological polar surface area (TPSA) is 115 Å². The molecular weight excluding hydrogens is 487 g/mol. The van der Waals surface area contributed by atoms with E-state index in [-0.39, 0.29) is 17.2 Å². The van der Waals surface area contributed by atoms with E-state index >= 15 is 0 Å². The maximum atomic E-state index is 13.0. The van der Waals surface area contributed by atoms with Crippen molar-refractivity contribution in [3.05, 3.63) is 45.5 Å². The van der Waals surface area contributed by atoms with Crippen LogP contribution in [0.1, 0.15) is 37.6 Å². The van der Waals surface area contributed by atoms with Crippen molar-refractivity contribution in [2.24, 2.45) is 10.8 Å². The first-order chi connectivity index (χ1) is 16.0. The molecule has 2 bridgehead atoms. The molecule has 2 aliphatic carbocycles. The SMILES string of the molecule is CC(=O)O[C@@H]1C[C@@]2(C)C3(CO3)C1O[C@@H]1C=C(C)[C@@H](O)[C@@H](O)[C@@]12COC(=O)c1ccc(Cl)cc1Cl. The number of benzene rings is 1. The van der Waals surface area contributed by atoms with E-state index < -0.39 is 58.9 Å². The van der Waals surface area contributed by atoms with E-state index in [0.29, 0.717) is 23.6 Å². The van der Waals surface area contributed by atoms with Crippen molar-refractivity contribution < 1.29 is 38.7 Å². The molecule has 5 rings (SSSR count). The van der Waals surface area contributed by atoms with Gasteiger partial charge in [0.25, 0.3) is 0 Å². The number of rotatable bonds is 4. The van der Waals surface area contributed by atoms with Crippen molar-refractivity contribution in [3.63, 3.8) is 0 Å². The van der Waals surface area contributed by atoms with Crippen LogP contribution in [0.25, 0.3) is 0 Å². The highest BCUT2D eigenvalue weighted by Gasteiger charge is 2.84. The maximum Gasteiger partial charge on any atom is 0.339 e. The Bertz CT molecular complexity index is 1080. The second-order valence-electron chi connectivity index (χ2n) is 9.88. The summed E-state index contributed by atoms with van der Waals surface area (Å²) < 4.78 is 23.7. The molecule has 34 heavy (non-hydrogen) atoms. The first kappa shape index (κ1) is 24.0. The molecule has 2 unspecified atom stereocenters. The summed E-state index contributed by atoms with van der Waals surface area (Å²) in [6, 6.07) is 4.43. The van der Waals surface area contributed by atoms with Gasteiger partial charge in [-0.2, -0.15) is 0 Å². The van der Waals surface area contributed by atoms with Gasteiger partial charge in [-0.25, -0.2) is 4.79 Å². The van der Waals surface area contributed by atoms with Crippen molar-refractivity contribution in [2.45, 2.75) is 63.3 Å². The Morgan fingerprint density at radius 3 is 2.59 bits per heavy atom. The van der Waals surface area contributed by atoms with Crippen LogP contribution in [0, 0.1) is 10.8 Å². The van der Waals surface area contributed by atoms with Crippen molar-refractivity contribution >= 4 is 35.1 Å². The molecule has 10 heteroatoms. The Morgan fingerprint density at radius 1 is 1.26 bits per heavy atom. The third-order valence-electron chi connectivity index (χ3n) is 8.24. The molecule has 2 saturated heterocycles. The van der Waals surface area contributed by atoms with Gasteiger partial charge in [0.15, 0.2) is 0 Å². The van der Waals surface area contributed by atoms with Gasteiger partial charge in [-0.1, -0.05) is 36.2 Å². The molecule has 2 heterocycles. The molecule has 0 aromatic heterocycles. The summed E-state index contributed by atoms with van der Waals surface area (Å²) in [6.07, 6.45) is -2.35. The Balaban J connectivity index is 1.55. The van der Waals surface area contributed by atoms with E-state index in [4.69, 9.17) is 42.1 Å². The molecule has 1 saturated carbocycles. The summed E-state index contributed by atoms with van der Waals surface area (Å²) in [5.74, 6) is -1.15. The lowest BCUT2D eigenvalue weighted by molar-refractivity contribution is -0.261. The van der Waals surface area contributed by atoms with Gasteiger partial charge in [0.05, 0.1) is 34.8 Å². The van der Waals surface area contributed by atoms with Crippen LogP contribution in [-0.2, 0) is 23.7 Å². The van der Waals surface area contributed by atoms with Crippen LogP contribution in [0.5, 0.6) is 0 Å². The Morgan fingerprint density at radius 2 is 1.97 bits per heavy atom. The number of epoxide rings is 1. The molecule has 8 nitrogen and oxygen atoms in total. The highest BCUT2D eigenvalue weighted by molar-refractivity contribution is 6.36. The van der Waals surface area contributed by atoms with E-state index in [1.54, 1.807) is 13.0 Å². The van der Waals surface area contributed by atoms with E-state index in [1.807, 2.05) is 6.92 Å². The molecule has 1 aromatic carbocycles. The lowest BCUT2D eigenvalue weighted by Crippen LogP contribution is -2.71. The predicted octanol–water partition coefficient (Wildman–Crippen LogP) is 2.70. The van der Waals surface area contributed by atoms with Crippen LogP contribution in [0.15, 0.2) is 29.8 Å². The fourth-order valence-electron chi connectivity index (χ4n) is 6.34. The van der Waals surface area contributed by atoms with Crippen LogP contribution in [0.3, 0.4) is 0 Å². The highest BCUT2D eigenvalue weighted by Crippen LogP contribution is 2.71. The van der Waals surface area contributed by atoms with Crippen LogP contribution >= 0.6 is 23.2 Å². The lowest BCUT2D eigenvalue weighted by Gasteiger charge is -2.59. The fraction of sp³-hybridized carbons (Fsp3) is 0.583. The molecule has 2 N–H and O–H groups in total. The second kappa shape index (κ2) is 7.91. The monoisotopic (exact) mass is 512 g/mol. The standard InChI is InChI=1S/C24H26Cl2O8/c1-11-6-17-23(19(29)18(11)28,9-31-21(30)14-5-4-13(25)7-15(14)26)22(3)8-16(33-12(2)27)20(34-17)24(22)10-32-24/h4-7,16-20,28-29H,8-10H2,1-3H3/t16-,17-,18-,19-,20?,22-,23-,24?/m1/s1. The summed E-state index contributed by atoms with van der Waals surface area (Å²) in [4.78, 5) is 24.8.